The molecule has 0 aliphatic carbocycles. The van der Waals surface area contributed by atoms with Crippen LogP contribution in [-0.4, -0.2) is 43.5 Å². The molecule has 0 unspecified atom stereocenters. The number of aryl methyl sites for hydroxylation is 2. The van der Waals surface area contributed by atoms with E-state index in [0.717, 1.165) is 38.3 Å². The number of amides is 1. The van der Waals surface area contributed by atoms with Gasteiger partial charge in [0.1, 0.15) is 0 Å². The molecule has 0 saturated carbocycles. The van der Waals surface area contributed by atoms with E-state index >= 15 is 0 Å². The highest BCUT2D eigenvalue weighted by atomic mass is 16.2. The molecule has 3 rings (SSSR count). The number of carbonyl (C=O) groups excluding carboxylic acids is 1. The van der Waals surface area contributed by atoms with Gasteiger partial charge in [0.05, 0.1) is 6.54 Å². The number of benzene rings is 2. The van der Waals surface area contributed by atoms with E-state index in [0.29, 0.717) is 6.54 Å². The van der Waals surface area contributed by atoms with Gasteiger partial charge in [-0.15, -0.1) is 0 Å². The number of carbonyl (C=O) groups is 1. The molecule has 0 spiro atoms. The molecule has 1 aliphatic rings. The maximum atomic E-state index is 12.4. The van der Waals surface area contributed by atoms with Crippen LogP contribution in [0.3, 0.4) is 0 Å². The predicted molar refractivity (Wildman–Crippen MR) is 109 cm³/mol. The van der Waals surface area contributed by atoms with Gasteiger partial charge in [0.15, 0.2) is 0 Å². The zero-order valence-corrected chi connectivity index (χ0v) is 16.1. The minimum absolute atomic E-state index is 0.0751. The van der Waals surface area contributed by atoms with Crippen LogP contribution >= 0.6 is 0 Å². The number of para-hydroxylation sites is 1. The van der Waals surface area contributed by atoms with E-state index in [1.165, 1.54) is 22.4 Å². The topological polar surface area (TPSA) is 35.6 Å². The largest absolute Gasteiger partial charge is 0.369 e. The molecule has 0 bridgehead atoms. The van der Waals surface area contributed by atoms with Crippen LogP contribution in [0.5, 0.6) is 0 Å². The lowest BCUT2D eigenvalue weighted by Gasteiger charge is -2.36. The number of piperazine rings is 1. The van der Waals surface area contributed by atoms with Crippen LogP contribution in [0.1, 0.15) is 23.6 Å². The Labute approximate surface area is 156 Å². The summed E-state index contributed by atoms with van der Waals surface area (Å²) in [7, 11) is 0. The molecular weight excluding hydrogens is 322 g/mol. The molecule has 0 atom stereocenters. The standard InChI is InChI=1S/C22H29N3O/c1-4-19-9-5-6-10-20(19)23-22(26)16-24-12-14-25(15-13-24)21-11-7-8-17(2)18(21)3/h5-11H,4,12-16H2,1-3H3,(H,23,26). The highest BCUT2D eigenvalue weighted by Crippen LogP contribution is 2.24. The summed E-state index contributed by atoms with van der Waals surface area (Å²) in [5, 5.41) is 3.07. The fourth-order valence-electron chi connectivity index (χ4n) is 3.57. The monoisotopic (exact) mass is 351 g/mol. The molecular formula is C22H29N3O. The molecule has 1 aliphatic heterocycles. The highest BCUT2D eigenvalue weighted by Gasteiger charge is 2.20. The van der Waals surface area contributed by atoms with Gasteiger partial charge in [-0.05, 0) is 49.1 Å². The van der Waals surface area contributed by atoms with Gasteiger partial charge in [-0.1, -0.05) is 37.3 Å². The van der Waals surface area contributed by atoms with E-state index in [9.17, 15) is 4.79 Å². The summed E-state index contributed by atoms with van der Waals surface area (Å²) in [6.45, 7) is 10.7. The third kappa shape index (κ3) is 4.25. The van der Waals surface area contributed by atoms with Crippen molar-refractivity contribution in [2.45, 2.75) is 27.2 Å². The molecule has 1 amide bonds. The third-order valence-corrected chi connectivity index (χ3v) is 5.33. The van der Waals surface area contributed by atoms with Gasteiger partial charge in [0.25, 0.3) is 0 Å². The van der Waals surface area contributed by atoms with Gasteiger partial charge in [-0.3, -0.25) is 9.69 Å². The molecule has 0 aromatic heterocycles. The first-order valence-corrected chi connectivity index (χ1v) is 9.49. The number of hydrogen-bond acceptors (Lipinski definition) is 3. The van der Waals surface area contributed by atoms with Crippen LogP contribution in [0.15, 0.2) is 42.5 Å². The normalized spacial score (nSPS) is 15.1. The van der Waals surface area contributed by atoms with E-state index in [1.54, 1.807) is 0 Å². The first-order valence-electron chi connectivity index (χ1n) is 9.49. The van der Waals surface area contributed by atoms with Crippen molar-refractivity contribution in [1.29, 1.82) is 0 Å². The second-order valence-corrected chi connectivity index (χ2v) is 7.04. The van der Waals surface area contributed by atoms with Crippen LogP contribution in [0, 0.1) is 13.8 Å². The van der Waals surface area contributed by atoms with Crippen LogP contribution < -0.4 is 10.2 Å². The number of hydrogen-bond donors (Lipinski definition) is 1. The van der Waals surface area contributed by atoms with Gasteiger partial charge in [0, 0.05) is 37.6 Å². The quantitative estimate of drug-likeness (QED) is 0.893. The van der Waals surface area contributed by atoms with Crippen LogP contribution in [0.4, 0.5) is 11.4 Å². The van der Waals surface area contributed by atoms with Gasteiger partial charge >= 0.3 is 0 Å². The predicted octanol–water partition coefficient (Wildman–Crippen LogP) is 3.63. The number of rotatable bonds is 5. The molecule has 0 radical (unpaired) electrons. The third-order valence-electron chi connectivity index (χ3n) is 5.33. The Balaban J connectivity index is 1.54. The lowest BCUT2D eigenvalue weighted by Crippen LogP contribution is -2.48. The van der Waals surface area contributed by atoms with E-state index < -0.39 is 0 Å². The van der Waals surface area contributed by atoms with Crippen LogP contribution in [0.2, 0.25) is 0 Å². The Hall–Kier alpha value is -2.33. The number of nitrogens with one attached hydrogen (secondary N) is 1. The maximum Gasteiger partial charge on any atom is 0.238 e. The second kappa shape index (κ2) is 8.37. The molecule has 138 valence electrons. The average Bonchev–Trinajstić information content (AvgIpc) is 2.65. The molecule has 26 heavy (non-hydrogen) atoms. The van der Waals surface area contributed by atoms with Crippen molar-refractivity contribution in [2.75, 3.05) is 42.9 Å². The Morgan fingerprint density at radius 2 is 1.73 bits per heavy atom. The fourth-order valence-corrected chi connectivity index (χ4v) is 3.57. The fraction of sp³-hybridized carbons (Fsp3) is 0.409. The second-order valence-electron chi connectivity index (χ2n) is 7.04. The molecule has 4 nitrogen and oxygen atoms in total. The van der Waals surface area contributed by atoms with Crippen LogP contribution in [0.25, 0.3) is 0 Å². The minimum atomic E-state index is 0.0751. The van der Waals surface area contributed by atoms with Crippen molar-refractivity contribution in [3.8, 4) is 0 Å². The van der Waals surface area contributed by atoms with Crippen molar-refractivity contribution >= 4 is 17.3 Å². The van der Waals surface area contributed by atoms with Gasteiger partial charge in [-0.25, -0.2) is 0 Å². The average molecular weight is 351 g/mol. The van der Waals surface area contributed by atoms with Crippen molar-refractivity contribution in [3.05, 3.63) is 59.2 Å². The maximum absolute atomic E-state index is 12.4. The smallest absolute Gasteiger partial charge is 0.238 e. The lowest BCUT2D eigenvalue weighted by molar-refractivity contribution is -0.117. The Morgan fingerprint density at radius 3 is 2.46 bits per heavy atom. The van der Waals surface area contributed by atoms with Crippen molar-refractivity contribution < 1.29 is 4.79 Å². The van der Waals surface area contributed by atoms with E-state index in [1.807, 2.05) is 18.2 Å². The van der Waals surface area contributed by atoms with Gasteiger partial charge < -0.3 is 10.2 Å². The van der Waals surface area contributed by atoms with Crippen LogP contribution in [-0.2, 0) is 11.2 Å². The minimum Gasteiger partial charge on any atom is -0.369 e. The first kappa shape index (κ1) is 18.5. The van der Waals surface area contributed by atoms with Gasteiger partial charge in [0.2, 0.25) is 5.91 Å². The van der Waals surface area contributed by atoms with Crippen molar-refractivity contribution in [2.24, 2.45) is 0 Å². The van der Waals surface area contributed by atoms with E-state index in [4.69, 9.17) is 0 Å². The number of nitrogens with zero attached hydrogens (tertiary/aromatic N) is 2. The molecule has 1 fully saturated rings. The molecule has 2 aromatic rings. The molecule has 1 N–H and O–H groups in total. The molecule has 2 aromatic carbocycles. The zero-order valence-electron chi connectivity index (χ0n) is 16.1. The summed E-state index contributed by atoms with van der Waals surface area (Å²) in [4.78, 5) is 17.1. The molecule has 1 saturated heterocycles. The first-order chi connectivity index (χ1) is 12.6. The van der Waals surface area contributed by atoms with E-state index in [-0.39, 0.29) is 5.91 Å². The van der Waals surface area contributed by atoms with E-state index in [2.05, 4.69) is 60.2 Å². The highest BCUT2D eigenvalue weighted by molar-refractivity contribution is 5.93. The van der Waals surface area contributed by atoms with Crippen molar-refractivity contribution in [3.63, 3.8) is 0 Å². The summed E-state index contributed by atoms with van der Waals surface area (Å²) < 4.78 is 0. The lowest BCUT2D eigenvalue weighted by atomic mass is 10.1. The Morgan fingerprint density at radius 1 is 1.00 bits per heavy atom. The Bertz CT molecular complexity index is 764. The molecule has 4 heteroatoms. The van der Waals surface area contributed by atoms with Crippen molar-refractivity contribution in [1.82, 2.24) is 4.90 Å². The zero-order chi connectivity index (χ0) is 18.5. The summed E-state index contributed by atoms with van der Waals surface area (Å²) >= 11 is 0. The summed E-state index contributed by atoms with van der Waals surface area (Å²) in [6.07, 6.45) is 0.922. The Kier molecular flexibility index (Phi) is 5.94. The summed E-state index contributed by atoms with van der Waals surface area (Å²) in [5.74, 6) is 0.0751. The summed E-state index contributed by atoms with van der Waals surface area (Å²) in [6, 6.07) is 14.5. The SMILES string of the molecule is CCc1ccccc1NC(=O)CN1CCN(c2cccc(C)c2C)CC1. The molecule has 1 heterocycles. The summed E-state index contributed by atoms with van der Waals surface area (Å²) in [5.41, 5.74) is 6.13. The van der Waals surface area contributed by atoms with Gasteiger partial charge in [-0.2, -0.15) is 0 Å². The number of anilines is 2.